The van der Waals surface area contributed by atoms with Crippen LogP contribution in [0.2, 0.25) is 0 Å². The van der Waals surface area contributed by atoms with Gasteiger partial charge in [-0.3, -0.25) is 0 Å². The fourth-order valence-corrected chi connectivity index (χ4v) is 0. The average molecular weight is 173 g/mol. The van der Waals surface area contributed by atoms with Gasteiger partial charge < -0.3 is 0 Å². The molecule has 0 aromatic rings. The van der Waals surface area contributed by atoms with Gasteiger partial charge in [0.1, 0.15) is 0 Å². The second-order valence-corrected chi connectivity index (χ2v) is 2.20. The van der Waals surface area contributed by atoms with Crippen LogP contribution in [0.4, 0.5) is 0 Å². The number of hydrogen-bond acceptors (Lipinski definition) is 0. The normalized spacial score (nSPS) is 6.38. The molecule has 0 aliphatic rings. The van der Waals surface area contributed by atoms with Crippen molar-refractivity contribution in [2.75, 3.05) is 5.88 Å². The molecule has 0 fully saturated rings. The Hall–Kier alpha value is 0.350. The van der Waals surface area contributed by atoms with Crippen LogP contribution < -0.4 is 0 Å². The van der Waals surface area contributed by atoms with Crippen molar-refractivity contribution in [3.63, 3.8) is 0 Å². The Morgan fingerprint density at radius 2 is 1.62 bits per heavy atom. The summed E-state index contributed by atoms with van der Waals surface area (Å²) >= 11 is 14.8. The Morgan fingerprint density at radius 1 is 1.50 bits per heavy atom. The lowest BCUT2D eigenvalue weighted by atomic mass is 10.8. The summed E-state index contributed by atoms with van der Waals surface area (Å²) in [7, 11) is 0. The van der Waals surface area contributed by atoms with E-state index in [9.17, 15) is 0 Å². The van der Waals surface area contributed by atoms with E-state index in [4.69, 9.17) is 34.8 Å². The molecule has 0 aliphatic heterocycles. The van der Waals surface area contributed by atoms with E-state index < -0.39 is 0 Å². The van der Waals surface area contributed by atoms with Gasteiger partial charge in [0.05, 0.1) is 4.49 Å². The van der Waals surface area contributed by atoms with Crippen LogP contribution in [-0.4, -0.2) is 5.88 Å². The molecule has 0 unspecified atom stereocenters. The first kappa shape index (κ1) is 11.2. The van der Waals surface area contributed by atoms with E-state index in [0.717, 1.165) is 0 Å². The monoisotopic (exact) mass is 172 g/mol. The fraction of sp³-hybridized carbons (Fsp3) is 0.200. The van der Waals surface area contributed by atoms with Gasteiger partial charge in [-0.05, 0) is 0 Å². The van der Waals surface area contributed by atoms with E-state index in [0.29, 0.717) is 5.88 Å². The molecule has 0 nitrogen and oxygen atoms in total. The number of allylic oxidation sites excluding steroid dienone is 1. The molecule has 0 aliphatic carbocycles. The number of alkyl halides is 1. The van der Waals surface area contributed by atoms with Gasteiger partial charge in [0, 0.05) is 5.88 Å². The van der Waals surface area contributed by atoms with Crippen molar-refractivity contribution in [3.05, 3.63) is 23.7 Å². The molecule has 0 radical (unpaired) electrons. The third-order valence-corrected chi connectivity index (χ3v) is 0.327. The first-order valence-electron chi connectivity index (χ1n) is 1.82. The number of rotatable bonds is 1. The largest absolute Gasteiger partial charge is 0.122 e. The Morgan fingerprint density at radius 3 is 1.62 bits per heavy atom. The molecule has 0 bridgehead atoms. The van der Waals surface area contributed by atoms with Crippen molar-refractivity contribution in [1.29, 1.82) is 0 Å². The van der Waals surface area contributed by atoms with Crippen molar-refractivity contribution in [3.8, 4) is 0 Å². The molecule has 0 heterocycles. The maximum Gasteiger partial charge on any atom is 0.0992 e. The summed E-state index contributed by atoms with van der Waals surface area (Å²) in [6.07, 6.45) is 1.64. The Kier molecular flexibility index (Phi) is 14.5. The Bertz CT molecular complexity index is 64.1. The average Bonchev–Trinajstić information content (AvgIpc) is 1.65. The summed E-state index contributed by atoms with van der Waals surface area (Å²) < 4.78 is 0.111. The molecule has 0 N–H and O–H groups in total. The van der Waals surface area contributed by atoms with Crippen molar-refractivity contribution in [2.45, 2.75) is 0 Å². The fourth-order valence-electron chi connectivity index (χ4n) is 0. The lowest BCUT2D eigenvalue weighted by molar-refractivity contribution is 1.80. The highest BCUT2D eigenvalue weighted by molar-refractivity contribution is 6.55. The van der Waals surface area contributed by atoms with E-state index in [2.05, 4.69) is 13.2 Å². The molecule has 0 atom stereocenters. The lowest BCUT2D eigenvalue weighted by Gasteiger charge is -1.57. The van der Waals surface area contributed by atoms with Gasteiger partial charge in [0.25, 0.3) is 0 Å². The summed E-state index contributed by atoms with van der Waals surface area (Å²) in [6.45, 7) is 6.43. The molecule has 48 valence electrons. The minimum absolute atomic E-state index is 0.111. The molecule has 0 aromatic carbocycles. The molecule has 0 saturated carbocycles. The predicted octanol–water partition coefficient (Wildman–Crippen LogP) is 3.35. The molecular weight excluding hydrogens is 166 g/mol. The van der Waals surface area contributed by atoms with Gasteiger partial charge in [-0.15, -0.1) is 18.2 Å². The van der Waals surface area contributed by atoms with Crippen LogP contribution >= 0.6 is 34.8 Å². The number of halogens is 3. The summed E-state index contributed by atoms with van der Waals surface area (Å²) in [4.78, 5) is 0. The van der Waals surface area contributed by atoms with Crippen molar-refractivity contribution >= 4 is 34.8 Å². The SMILES string of the molecule is C=C(Cl)Cl.C=CCCl. The zero-order chi connectivity index (χ0) is 6.99. The first-order chi connectivity index (χ1) is 3.65. The zero-order valence-corrected chi connectivity index (χ0v) is 6.60. The van der Waals surface area contributed by atoms with Crippen LogP contribution in [0.5, 0.6) is 0 Å². The third kappa shape index (κ3) is 99.7. The molecule has 3 heteroatoms. The lowest BCUT2D eigenvalue weighted by Crippen LogP contribution is -1.45. The van der Waals surface area contributed by atoms with Gasteiger partial charge in [0.2, 0.25) is 0 Å². The minimum Gasteiger partial charge on any atom is -0.122 e. The molecule has 0 amide bonds. The van der Waals surface area contributed by atoms with Crippen LogP contribution in [0, 0.1) is 0 Å². The molecule has 8 heavy (non-hydrogen) atoms. The van der Waals surface area contributed by atoms with E-state index in [1.54, 1.807) is 6.08 Å². The van der Waals surface area contributed by atoms with E-state index >= 15 is 0 Å². The summed E-state index contributed by atoms with van der Waals surface area (Å²) in [5, 5.41) is 0. The topological polar surface area (TPSA) is 0 Å². The predicted molar refractivity (Wildman–Crippen MR) is 41.8 cm³/mol. The second kappa shape index (κ2) is 10.4. The second-order valence-electron chi connectivity index (χ2n) is 0.782. The van der Waals surface area contributed by atoms with Crippen molar-refractivity contribution < 1.29 is 0 Å². The van der Waals surface area contributed by atoms with Gasteiger partial charge in [-0.1, -0.05) is 35.9 Å². The highest BCUT2D eigenvalue weighted by Crippen LogP contribution is 1.98. The van der Waals surface area contributed by atoms with Crippen molar-refractivity contribution in [2.24, 2.45) is 0 Å². The standard InChI is InChI=1S/C3H5Cl.C2H2Cl2/c1-2-3-4;1-2(3)4/h2H,1,3H2;1H2. The van der Waals surface area contributed by atoms with Gasteiger partial charge in [-0.25, -0.2) is 0 Å². The summed E-state index contributed by atoms with van der Waals surface area (Å²) in [5.74, 6) is 0.556. The molecular formula is C5H7Cl3. The van der Waals surface area contributed by atoms with E-state index in [-0.39, 0.29) is 4.49 Å². The van der Waals surface area contributed by atoms with E-state index in [1.807, 2.05) is 0 Å². The molecule has 0 spiro atoms. The highest BCUT2D eigenvalue weighted by atomic mass is 35.5. The Balaban J connectivity index is 0. The quantitative estimate of drug-likeness (QED) is 0.421. The van der Waals surface area contributed by atoms with E-state index in [1.165, 1.54) is 0 Å². The Labute approximate surface area is 64.7 Å². The van der Waals surface area contributed by atoms with Crippen LogP contribution in [-0.2, 0) is 0 Å². The maximum absolute atomic E-state index is 5.07. The highest BCUT2D eigenvalue weighted by Gasteiger charge is 1.60. The van der Waals surface area contributed by atoms with Gasteiger partial charge >= 0.3 is 0 Å². The zero-order valence-electron chi connectivity index (χ0n) is 4.33. The minimum atomic E-state index is 0.111. The summed E-state index contributed by atoms with van der Waals surface area (Å²) in [6, 6.07) is 0. The first-order valence-corrected chi connectivity index (χ1v) is 3.11. The molecule has 0 aromatic heterocycles. The van der Waals surface area contributed by atoms with Crippen molar-refractivity contribution in [1.82, 2.24) is 0 Å². The van der Waals surface area contributed by atoms with Gasteiger partial charge in [0.15, 0.2) is 0 Å². The van der Waals surface area contributed by atoms with Crippen LogP contribution in [0.25, 0.3) is 0 Å². The van der Waals surface area contributed by atoms with Gasteiger partial charge in [-0.2, -0.15) is 0 Å². The van der Waals surface area contributed by atoms with Crippen LogP contribution in [0.1, 0.15) is 0 Å². The smallest absolute Gasteiger partial charge is 0.0992 e. The number of hydrogen-bond donors (Lipinski definition) is 0. The maximum atomic E-state index is 5.07. The third-order valence-electron chi connectivity index (χ3n) is 0.109. The molecule has 0 saturated heterocycles. The van der Waals surface area contributed by atoms with Crippen LogP contribution in [0.3, 0.4) is 0 Å². The summed E-state index contributed by atoms with van der Waals surface area (Å²) in [5.41, 5.74) is 0. The molecule has 0 rings (SSSR count). The van der Waals surface area contributed by atoms with Crippen LogP contribution in [0.15, 0.2) is 23.7 Å².